The maximum Gasteiger partial charge on any atom is 0.259 e. The van der Waals surface area contributed by atoms with Crippen molar-refractivity contribution in [1.82, 2.24) is 0 Å². The molecule has 60 heavy (non-hydrogen) atoms. The lowest BCUT2D eigenvalue weighted by atomic mass is 10.0. The molecule has 0 spiro atoms. The molecule has 0 aliphatic heterocycles. The van der Waals surface area contributed by atoms with Crippen LogP contribution in [0.1, 0.15) is 43.0 Å². The molecule has 0 fully saturated rings. The van der Waals surface area contributed by atoms with Crippen molar-refractivity contribution in [2.24, 2.45) is 20.5 Å². The van der Waals surface area contributed by atoms with Crippen LogP contribution in [0.3, 0.4) is 0 Å². The van der Waals surface area contributed by atoms with Crippen LogP contribution in [0.2, 0.25) is 0 Å². The van der Waals surface area contributed by atoms with E-state index in [1.54, 1.807) is 48.5 Å². The maximum atomic E-state index is 13.9. The van der Waals surface area contributed by atoms with Crippen LogP contribution in [-0.2, 0) is 11.4 Å². The number of amides is 1. The highest BCUT2D eigenvalue weighted by atomic mass is 16.6. The lowest BCUT2D eigenvalue weighted by Gasteiger charge is -2.12. The maximum absolute atomic E-state index is 13.9. The third-order valence-electron chi connectivity index (χ3n) is 10.4. The monoisotopic (exact) mass is 788 g/mol. The molecule has 8 aromatic carbocycles. The van der Waals surface area contributed by atoms with Gasteiger partial charge in [-0.05, 0) is 96.4 Å². The van der Waals surface area contributed by atoms with Crippen molar-refractivity contribution in [1.29, 1.82) is 0 Å². The number of rotatable bonds is 10. The summed E-state index contributed by atoms with van der Waals surface area (Å²) >= 11 is 0. The van der Waals surface area contributed by atoms with E-state index < -0.39 is 5.91 Å². The van der Waals surface area contributed by atoms with Gasteiger partial charge in [0, 0.05) is 33.2 Å². The van der Waals surface area contributed by atoms with Gasteiger partial charge >= 0.3 is 0 Å². The van der Waals surface area contributed by atoms with E-state index >= 15 is 0 Å². The molecule has 0 atom stereocenters. The lowest BCUT2D eigenvalue weighted by Crippen LogP contribution is -2.12. The Morgan fingerprint density at radius 1 is 0.567 bits per heavy atom. The summed E-state index contributed by atoms with van der Waals surface area (Å²) in [5, 5.41) is 46.2. The first-order valence-corrected chi connectivity index (χ1v) is 19.2. The van der Waals surface area contributed by atoms with Gasteiger partial charge in [-0.1, -0.05) is 96.1 Å². The fourth-order valence-corrected chi connectivity index (χ4v) is 7.23. The number of nitrogens with zero attached hydrogens (tertiary/aromatic N) is 4. The number of anilines is 2. The van der Waals surface area contributed by atoms with Gasteiger partial charge in [0.2, 0.25) is 0 Å². The highest BCUT2D eigenvalue weighted by Crippen LogP contribution is 2.44. The number of carbonyl (C=O) groups excluding carboxylic acids is 2. The van der Waals surface area contributed by atoms with Crippen LogP contribution in [0, 0.1) is 13.8 Å². The Labute approximate surface area is 344 Å². The number of nitrogens with one attached hydrogen (secondary N) is 2. The molecule has 8 aromatic rings. The summed E-state index contributed by atoms with van der Waals surface area (Å²) in [6.45, 7) is 4.03. The van der Waals surface area contributed by atoms with E-state index in [9.17, 15) is 19.8 Å². The van der Waals surface area contributed by atoms with Crippen LogP contribution >= 0.6 is 0 Å². The molecule has 0 unspecified atom stereocenters. The number of azo groups is 2. The first-order valence-electron chi connectivity index (χ1n) is 19.2. The third kappa shape index (κ3) is 7.32. The second kappa shape index (κ2) is 15.7. The Balaban J connectivity index is 0.964. The Morgan fingerprint density at radius 2 is 1.08 bits per heavy atom. The van der Waals surface area contributed by atoms with Crippen molar-refractivity contribution in [3.05, 3.63) is 179 Å². The minimum atomic E-state index is -0.492. The molecular formula is C49H36N6O5. The van der Waals surface area contributed by atoms with Crippen molar-refractivity contribution in [2.75, 3.05) is 10.8 Å². The molecule has 0 saturated carbocycles. The summed E-state index contributed by atoms with van der Waals surface area (Å²) in [4.78, 5) is 32.9. The van der Waals surface area contributed by atoms with Crippen LogP contribution < -0.4 is 10.8 Å². The van der Waals surface area contributed by atoms with E-state index in [2.05, 4.69) is 31.3 Å². The van der Waals surface area contributed by atoms with Gasteiger partial charge in [0.25, 0.3) is 5.91 Å². The highest BCUT2D eigenvalue weighted by Gasteiger charge is 2.28. The van der Waals surface area contributed by atoms with E-state index in [0.717, 1.165) is 33.3 Å². The molecule has 0 bridgehead atoms. The number of aryl methyl sites for hydroxylation is 2. The molecule has 0 radical (unpaired) electrons. The smallest absolute Gasteiger partial charge is 0.259 e. The number of aromatic hydroxyl groups is 2. The van der Waals surface area contributed by atoms with Crippen LogP contribution in [0.15, 0.2) is 166 Å². The fourth-order valence-electron chi connectivity index (χ4n) is 7.23. The minimum absolute atomic E-state index is 0.0482. The predicted molar refractivity (Wildman–Crippen MR) is 234 cm³/mol. The van der Waals surface area contributed by atoms with Crippen molar-refractivity contribution in [2.45, 2.75) is 20.5 Å². The SMILES string of the molecule is Cc1ccc(NOCc2cc3ccccc3c(N=Nc3ccc4c(c3)C(=O)c3cc(N=Nc5c(O)c(C(=O)Nc6ccc(C)cc6)cc6ccccc56)ccc3-4)c2O)cc1. The van der Waals surface area contributed by atoms with Gasteiger partial charge in [-0.15, -0.1) is 10.2 Å². The van der Waals surface area contributed by atoms with Gasteiger partial charge in [-0.3, -0.25) is 19.9 Å². The number of benzene rings is 8. The van der Waals surface area contributed by atoms with Crippen LogP contribution in [-0.4, -0.2) is 21.9 Å². The zero-order chi connectivity index (χ0) is 41.3. The number of phenolic OH excluding ortho intramolecular Hbond substituents is 2. The predicted octanol–water partition coefficient (Wildman–Crippen LogP) is 12.9. The topological polar surface area (TPSA) is 157 Å². The van der Waals surface area contributed by atoms with Crippen LogP contribution in [0.4, 0.5) is 34.1 Å². The Morgan fingerprint density at radius 3 is 1.67 bits per heavy atom. The summed E-state index contributed by atoms with van der Waals surface area (Å²) in [5.41, 5.74) is 10.6. The average Bonchev–Trinajstić information content (AvgIpc) is 3.54. The highest BCUT2D eigenvalue weighted by molar-refractivity contribution is 6.22. The lowest BCUT2D eigenvalue weighted by molar-refractivity contribution is 0.102. The molecule has 292 valence electrons. The number of phenols is 2. The number of fused-ring (bicyclic) bond motifs is 5. The standard InChI is InChI=1S/C49H36N6O5/c1-28-11-15-33(16-12-28)50-49(59)43-24-31-8-4-6-10-38(31)45(48(43)58)54-52-36-20-22-40-39-21-19-35(25-41(39)47(57)42(40)26-36)51-53-44-37-9-5-3-7-30(37)23-32(46(44)56)27-60-55-34-17-13-29(2)14-18-34/h3-26,55-56,58H,27H2,1-2H3,(H,50,59). The molecule has 1 amide bonds. The van der Waals surface area contributed by atoms with Gasteiger partial charge in [0.1, 0.15) is 23.7 Å². The van der Waals surface area contributed by atoms with E-state index in [1.165, 1.54) is 0 Å². The average molecular weight is 789 g/mol. The Kier molecular flexibility index (Phi) is 9.84. The molecule has 0 aromatic heterocycles. The molecule has 4 N–H and O–H groups in total. The Hall–Kier alpha value is -8.02. The van der Waals surface area contributed by atoms with Crippen molar-refractivity contribution in [3.8, 4) is 22.6 Å². The molecule has 11 heteroatoms. The van der Waals surface area contributed by atoms with Crippen molar-refractivity contribution >= 4 is 67.4 Å². The van der Waals surface area contributed by atoms with E-state index in [0.29, 0.717) is 49.9 Å². The first kappa shape index (κ1) is 37.6. The number of hydrogen-bond acceptors (Lipinski definition) is 10. The van der Waals surface area contributed by atoms with E-state index in [4.69, 9.17) is 4.84 Å². The number of carbonyl (C=O) groups is 2. The zero-order valence-electron chi connectivity index (χ0n) is 32.5. The molecule has 0 heterocycles. The quantitative estimate of drug-likeness (QED) is 0.0798. The van der Waals surface area contributed by atoms with Gasteiger partial charge in [-0.2, -0.15) is 10.2 Å². The third-order valence-corrected chi connectivity index (χ3v) is 10.4. The fraction of sp³-hybridized carbons (Fsp3) is 0.0612. The number of hydrogen-bond donors (Lipinski definition) is 4. The Bertz CT molecular complexity index is 3070. The summed E-state index contributed by atoms with van der Waals surface area (Å²) in [6.07, 6.45) is 0. The molecule has 1 aliphatic carbocycles. The normalized spacial score (nSPS) is 12.1. The van der Waals surface area contributed by atoms with Gasteiger partial charge in [-0.25, -0.2) is 0 Å². The van der Waals surface area contributed by atoms with Gasteiger partial charge in [0.15, 0.2) is 11.5 Å². The molecular weight excluding hydrogens is 753 g/mol. The molecule has 1 aliphatic rings. The first-order chi connectivity index (χ1) is 29.2. The van der Waals surface area contributed by atoms with Gasteiger partial charge in [0.05, 0.1) is 22.6 Å². The zero-order valence-corrected chi connectivity index (χ0v) is 32.5. The molecule has 11 nitrogen and oxygen atoms in total. The summed E-state index contributed by atoms with van der Waals surface area (Å²) in [5.74, 6) is -1.09. The summed E-state index contributed by atoms with van der Waals surface area (Å²) in [7, 11) is 0. The van der Waals surface area contributed by atoms with E-state index in [1.807, 2.05) is 111 Å². The summed E-state index contributed by atoms with van der Waals surface area (Å²) in [6, 6.07) is 43.9. The van der Waals surface area contributed by atoms with E-state index in [-0.39, 0.29) is 40.8 Å². The second-order valence-corrected chi connectivity index (χ2v) is 14.6. The van der Waals surface area contributed by atoms with Crippen molar-refractivity contribution in [3.63, 3.8) is 0 Å². The van der Waals surface area contributed by atoms with Crippen LogP contribution in [0.25, 0.3) is 32.7 Å². The summed E-state index contributed by atoms with van der Waals surface area (Å²) < 4.78 is 0. The second-order valence-electron chi connectivity index (χ2n) is 14.6. The number of ketones is 1. The van der Waals surface area contributed by atoms with Crippen molar-refractivity contribution < 1.29 is 24.6 Å². The minimum Gasteiger partial charge on any atom is -0.505 e. The molecule has 0 saturated heterocycles. The van der Waals surface area contributed by atoms with Gasteiger partial charge < -0.3 is 15.5 Å². The molecule has 9 rings (SSSR count). The van der Waals surface area contributed by atoms with Crippen LogP contribution in [0.5, 0.6) is 11.5 Å². The largest absolute Gasteiger partial charge is 0.505 e.